The average Bonchev–Trinajstić information content (AvgIpc) is 2.38. The molecule has 2 atom stereocenters. The van der Waals surface area contributed by atoms with E-state index in [2.05, 4.69) is 12.2 Å². The second-order valence-electron chi connectivity index (χ2n) is 5.51. The Balaban J connectivity index is 2.13. The Labute approximate surface area is 125 Å². The van der Waals surface area contributed by atoms with Crippen LogP contribution >= 0.6 is 11.6 Å². The smallest absolute Gasteiger partial charge is 0.253 e. The molecule has 0 aromatic heterocycles. The number of benzene rings is 1. The molecule has 20 heavy (non-hydrogen) atoms. The highest BCUT2D eigenvalue weighted by Crippen LogP contribution is 2.33. The van der Waals surface area contributed by atoms with Crippen molar-refractivity contribution in [1.29, 1.82) is 0 Å². The van der Waals surface area contributed by atoms with Crippen LogP contribution in [0.2, 0.25) is 5.02 Å². The first-order valence-corrected chi connectivity index (χ1v) is 7.25. The first-order valence-electron chi connectivity index (χ1n) is 6.87. The number of hydrogen-bond donors (Lipinski definition) is 1. The Hall–Kier alpha value is -1.26. The zero-order valence-corrected chi connectivity index (χ0v) is 12.9. The quantitative estimate of drug-likeness (QED) is 0.931. The highest BCUT2D eigenvalue weighted by atomic mass is 35.5. The van der Waals surface area contributed by atoms with Gasteiger partial charge in [0.15, 0.2) is 0 Å². The second kappa shape index (κ2) is 6.46. The van der Waals surface area contributed by atoms with Crippen molar-refractivity contribution in [3.05, 3.63) is 23.2 Å². The number of nitrogens with one attached hydrogen (secondary N) is 1. The van der Waals surface area contributed by atoms with E-state index in [0.717, 1.165) is 18.5 Å². The second-order valence-corrected chi connectivity index (χ2v) is 5.92. The number of anilines is 2. The fourth-order valence-corrected chi connectivity index (χ4v) is 2.77. The summed E-state index contributed by atoms with van der Waals surface area (Å²) in [7, 11) is 3.80. The summed E-state index contributed by atoms with van der Waals surface area (Å²) < 4.78 is 5.55. The summed E-state index contributed by atoms with van der Waals surface area (Å²) >= 11 is 6.19. The van der Waals surface area contributed by atoms with Gasteiger partial charge in [0, 0.05) is 20.7 Å². The summed E-state index contributed by atoms with van der Waals surface area (Å²) in [6.45, 7) is 2.79. The fraction of sp³-hybridized carbons (Fsp3) is 0.533. The van der Waals surface area contributed by atoms with Gasteiger partial charge in [0.1, 0.15) is 6.10 Å². The molecule has 1 saturated heterocycles. The SMILES string of the molecule is C[C@H]1CCO[C@H](C(=O)Nc2cccc(Cl)c2N(C)C)C1. The summed E-state index contributed by atoms with van der Waals surface area (Å²) in [4.78, 5) is 14.2. The summed E-state index contributed by atoms with van der Waals surface area (Å²) in [6.07, 6.45) is 1.42. The molecule has 0 aliphatic carbocycles. The molecular formula is C15H21ClN2O2. The third kappa shape index (κ3) is 3.44. The zero-order chi connectivity index (χ0) is 14.7. The fourth-order valence-electron chi connectivity index (χ4n) is 2.43. The van der Waals surface area contributed by atoms with Crippen LogP contribution in [0, 0.1) is 5.92 Å². The normalized spacial score (nSPS) is 22.4. The Morgan fingerprint density at radius 2 is 2.20 bits per heavy atom. The van der Waals surface area contributed by atoms with E-state index in [1.165, 1.54) is 0 Å². The van der Waals surface area contributed by atoms with Crippen LogP contribution in [-0.4, -0.2) is 32.7 Å². The van der Waals surface area contributed by atoms with Crippen LogP contribution in [0.15, 0.2) is 18.2 Å². The molecule has 1 aromatic rings. The molecule has 0 spiro atoms. The maximum atomic E-state index is 12.3. The molecule has 1 heterocycles. The van der Waals surface area contributed by atoms with E-state index in [4.69, 9.17) is 16.3 Å². The third-order valence-corrected chi connectivity index (χ3v) is 3.84. The van der Waals surface area contributed by atoms with Crippen molar-refractivity contribution in [2.45, 2.75) is 25.9 Å². The van der Waals surface area contributed by atoms with E-state index in [9.17, 15) is 4.79 Å². The van der Waals surface area contributed by atoms with Crippen LogP contribution in [0.25, 0.3) is 0 Å². The van der Waals surface area contributed by atoms with Gasteiger partial charge in [0.2, 0.25) is 0 Å². The van der Waals surface area contributed by atoms with E-state index < -0.39 is 0 Å². The number of rotatable bonds is 3. The minimum atomic E-state index is -0.368. The Morgan fingerprint density at radius 1 is 1.45 bits per heavy atom. The van der Waals surface area contributed by atoms with E-state index in [-0.39, 0.29) is 12.0 Å². The molecule has 1 aliphatic heterocycles. The largest absolute Gasteiger partial charge is 0.375 e. The molecule has 1 N–H and O–H groups in total. The van der Waals surface area contributed by atoms with Crippen molar-refractivity contribution in [2.75, 3.05) is 30.9 Å². The highest BCUT2D eigenvalue weighted by Gasteiger charge is 2.26. The Morgan fingerprint density at radius 3 is 2.85 bits per heavy atom. The van der Waals surface area contributed by atoms with Gasteiger partial charge in [0.25, 0.3) is 5.91 Å². The van der Waals surface area contributed by atoms with Gasteiger partial charge in [-0.05, 0) is 30.9 Å². The molecule has 1 aromatic carbocycles. The summed E-state index contributed by atoms with van der Waals surface area (Å²) in [6, 6.07) is 5.49. The standard InChI is InChI=1S/C15H21ClN2O2/c1-10-7-8-20-13(9-10)15(19)17-12-6-4-5-11(16)14(12)18(2)3/h4-6,10,13H,7-9H2,1-3H3,(H,17,19)/t10-,13-/m0/s1. The molecule has 5 heteroatoms. The van der Waals surface area contributed by atoms with Crippen molar-refractivity contribution >= 4 is 28.9 Å². The summed E-state index contributed by atoms with van der Waals surface area (Å²) in [5, 5.41) is 3.55. The average molecular weight is 297 g/mol. The number of amides is 1. The molecule has 0 unspecified atom stereocenters. The number of para-hydroxylation sites is 1. The van der Waals surface area contributed by atoms with Crippen LogP contribution in [-0.2, 0) is 9.53 Å². The van der Waals surface area contributed by atoms with Crippen LogP contribution in [0.5, 0.6) is 0 Å². The molecule has 0 saturated carbocycles. The van der Waals surface area contributed by atoms with Crippen molar-refractivity contribution in [3.63, 3.8) is 0 Å². The number of carbonyl (C=O) groups is 1. The lowest BCUT2D eigenvalue weighted by molar-refractivity contribution is -0.131. The highest BCUT2D eigenvalue weighted by molar-refractivity contribution is 6.34. The lowest BCUT2D eigenvalue weighted by Crippen LogP contribution is -2.36. The van der Waals surface area contributed by atoms with E-state index in [0.29, 0.717) is 23.2 Å². The van der Waals surface area contributed by atoms with Crippen molar-refractivity contribution in [3.8, 4) is 0 Å². The minimum absolute atomic E-state index is 0.0954. The zero-order valence-electron chi connectivity index (χ0n) is 12.1. The topological polar surface area (TPSA) is 41.6 Å². The Bertz CT molecular complexity index is 491. The maximum Gasteiger partial charge on any atom is 0.253 e. The first-order chi connectivity index (χ1) is 9.49. The van der Waals surface area contributed by atoms with Gasteiger partial charge >= 0.3 is 0 Å². The molecule has 1 fully saturated rings. The van der Waals surface area contributed by atoms with Crippen molar-refractivity contribution in [1.82, 2.24) is 0 Å². The maximum absolute atomic E-state index is 12.3. The van der Waals surface area contributed by atoms with Crippen LogP contribution in [0.4, 0.5) is 11.4 Å². The van der Waals surface area contributed by atoms with E-state index in [1.807, 2.05) is 37.2 Å². The van der Waals surface area contributed by atoms with E-state index >= 15 is 0 Å². The molecule has 0 radical (unpaired) electrons. The van der Waals surface area contributed by atoms with Gasteiger partial charge < -0.3 is 15.0 Å². The van der Waals surface area contributed by atoms with Crippen LogP contribution < -0.4 is 10.2 Å². The molecule has 110 valence electrons. The number of ether oxygens (including phenoxy) is 1. The lowest BCUT2D eigenvalue weighted by atomic mass is 9.97. The van der Waals surface area contributed by atoms with E-state index in [1.54, 1.807) is 0 Å². The van der Waals surface area contributed by atoms with Gasteiger partial charge in [-0.1, -0.05) is 24.6 Å². The number of nitrogens with zero attached hydrogens (tertiary/aromatic N) is 1. The van der Waals surface area contributed by atoms with Crippen molar-refractivity contribution in [2.24, 2.45) is 5.92 Å². The van der Waals surface area contributed by atoms with Gasteiger partial charge in [0.05, 0.1) is 16.4 Å². The number of halogens is 1. The summed E-state index contributed by atoms with van der Waals surface area (Å²) in [5.74, 6) is 0.425. The predicted molar refractivity (Wildman–Crippen MR) is 82.5 cm³/mol. The first kappa shape index (κ1) is 15.1. The molecule has 1 aliphatic rings. The molecule has 1 amide bonds. The number of carbonyl (C=O) groups excluding carboxylic acids is 1. The van der Waals surface area contributed by atoms with Gasteiger partial charge in [-0.2, -0.15) is 0 Å². The molecule has 4 nitrogen and oxygen atoms in total. The van der Waals surface area contributed by atoms with Gasteiger partial charge in [-0.25, -0.2) is 0 Å². The molecular weight excluding hydrogens is 276 g/mol. The van der Waals surface area contributed by atoms with Crippen molar-refractivity contribution < 1.29 is 9.53 Å². The number of hydrogen-bond acceptors (Lipinski definition) is 3. The monoisotopic (exact) mass is 296 g/mol. The van der Waals surface area contributed by atoms with Crippen LogP contribution in [0.3, 0.4) is 0 Å². The van der Waals surface area contributed by atoms with Gasteiger partial charge in [-0.3, -0.25) is 4.79 Å². The molecule has 0 bridgehead atoms. The third-order valence-electron chi connectivity index (χ3n) is 3.53. The Kier molecular flexibility index (Phi) is 4.89. The minimum Gasteiger partial charge on any atom is -0.375 e. The predicted octanol–water partition coefficient (Wildman–Crippen LogP) is 3.16. The summed E-state index contributed by atoms with van der Waals surface area (Å²) in [5.41, 5.74) is 1.53. The lowest BCUT2D eigenvalue weighted by Gasteiger charge is -2.27. The molecule has 2 rings (SSSR count). The van der Waals surface area contributed by atoms with Crippen LogP contribution in [0.1, 0.15) is 19.8 Å². The van der Waals surface area contributed by atoms with Gasteiger partial charge in [-0.15, -0.1) is 0 Å².